The first-order chi connectivity index (χ1) is 20.0. The summed E-state index contributed by atoms with van der Waals surface area (Å²) in [5.74, 6) is -0.295. The van der Waals surface area contributed by atoms with Gasteiger partial charge in [0.25, 0.3) is 0 Å². The Balaban J connectivity index is 1.34. The zero-order valence-corrected chi connectivity index (χ0v) is 22.8. The van der Waals surface area contributed by atoms with Gasteiger partial charge in [-0.15, -0.1) is 0 Å². The second-order valence-electron chi connectivity index (χ2n) is 10.5. The van der Waals surface area contributed by atoms with Gasteiger partial charge in [0.05, 0.1) is 18.7 Å². The Hall–Kier alpha value is -4.62. The van der Waals surface area contributed by atoms with Crippen molar-refractivity contribution in [3.8, 4) is 11.1 Å². The SMILES string of the molecule is COC(=O)c1cccc(-c2ccc(CNC(=O)[C@@H]3C[C@H]3c3ccccc3)c3c2CCNC3C(=O)c2ccccn2)c1. The molecule has 1 aliphatic heterocycles. The second-order valence-corrected chi connectivity index (χ2v) is 10.5. The van der Waals surface area contributed by atoms with Crippen molar-refractivity contribution in [2.75, 3.05) is 13.7 Å². The fourth-order valence-corrected chi connectivity index (χ4v) is 5.89. The molecule has 1 aromatic heterocycles. The number of fused-ring (bicyclic) bond motifs is 1. The van der Waals surface area contributed by atoms with E-state index < -0.39 is 12.0 Å². The van der Waals surface area contributed by atoms with Crippen LogP contribution in [0, 0.1) is 5.92 Å². The number of hydrogen-bond acceptors (Lipinski definition) is 6. The van der Waals surface area contributed by atoms with Crippen molar-refractivity contribution in [3.63, 3.8) is 0 Å². The summed E-state index contributed by atoms with van der Waals surface area (Å²) >= 11 is 0. The maximum absolute atomic E-state index is 13.7. The number of ether oxygens (including phenoxy) is 1. The Morgan fingerprint density at radius 2 is 1.80 bits per heavy atom. The molecule has 0 saturated heterocycles. The normalized spacial score (nSPS) is 19.1. The van der Waals surface area contributed by atoms with E-state index in [0.29, 0.717) is 30.8 Å². The largest absolute Gasteiger partial charge is 0.465 e. The Kier molecular flexibility index (Phi) is 7.44. The predicted octanol–water partition coefficient (Wildman–Crippen LogP) is 5.02. The van der Waals surface area contributed by atoms with Crippen LogP contribution in [-0.4, -0.2) is 36.3 Å². The summed E-state index contributed by atoms with van der Waals surface area (Å²) in [5.41, 5.74) is 6.64. The molecule has 1 fully saturated rings. The van der Waals surface area contributed by atoms with E-state index >= 15 is 0 Å². The zero-order valence-electron chi connectivity index (χ0n) is 22.8. The Morgan fingerprint density at radius 3 is 2.59 bits per heavy atom. The molecule has 0 spiro atoms. The zero-order chi connectivity index (χ0) is 28.3. The van der Waals surface area contributed by atoms with Gasteiger partial charge >= 0.3 is 5.97 Å². The van der Waals surface area contributed by atoms with Gasteiger partial charge < -0.3 is 15.4 Å². The Bertz CT molecular complexity index is 1600. The fourth-order valence-electron chi connectivity index (χ4n) is 5.89. The van der Waals surface area contributed by atoms with Crippen LogP contribution < -0.4 is 10.6 Å². The molecule has 3 atom stereocenters. The lowest BCUT2D eigenvalue weighted by Gasteiger charge is -2.30. The van der Waals surface area contributed by atoms with Crippen LogP contribution in [0.15, 0.2) is 91.1 Å². The number of rotatable bonds is 8. The van der Waals surface area contributed by atoms with Gasteiger partial charge in [0.2, 0.25) is 11.7 Å². The molecular formula is C34H31N3O4. The molecule has 1 unspecified atom stereocenters. The highest BCUT2D eigenvalue weighted by atomic mass is 16.5. The first-order valence-corrected chi connectivity index (χ1v) is 13.9. The molecule has 206 valence electrons. The number of nitrogens with zero attached hydrogens (tertiary/aromatic N) is 1. The van der Waals surface area contributed by atoms with Gasteiger partial charge in [-0.3, -0.25) is 14.6 Å². The van der Waals surface area contributed by atoms with Gasteiger partial charge in [-0.25, -0.2) is 4.79 Å². The monoisotopic (exact) mass is 545 g/mol. The summed E-state index contributed by atoms with van der Waals surface area (Å²) in [7, 11) is 1.36. The van der Waals surface area contributed by atoms with Crippen molar-refractivity contribution < 1.29 is 19.1 Å². The van der Waals surface area contributed by atoms with Crippen molar-refractivity contribution in [2.45, 2.75) is 31.3 Å². The van der Waals surface area contributed by atoms with Gasteiger partial charge in [0, 0.05) is 25.2 Å². The molecule has 1 amide bonds. The van der Waals surface area contributed by atoms with Gasteiger partial charge in [-0.05, 0) is 76.4 Å². The average molecular weight is 546 g/mol. The number of Topliss-reactive ketones (excluding diaryl/α,β-unsaturated/α-hetero) is 1. The summed E-state index contributed by atoms with van der Waals surface area (Å²) < 4.78 is 4.93. The number of benzene rings is 3. The number of hydrogen-bond donors (Lipinski definition) is 2. The topological polar surface area (TPSA) is 97.4 Å². The second kappa shape index (κ2) is 11.5. The van der Waals surface area contributed by atoms with Gasteiger partial charge in [0.15, 0.2) is 0 Å². The van der Waals surface area contributed by atoms with E-state index in [1.54, 1.807) is 30.5 Å². The molecule has 7 heteroatoms. The van der Waals surface area contributed by atoms with Crippen LogP contribution >= 0.6 is 0 Å². The van der Waals surface area contributed by atoms with Crippen molar-refractivity contribution in [1.82, 2.24) is 15.6 Å². The lowest BCUT2D eigenvalue weighted by atomic mass is 9.82. The minimum absolute atomic E-state index is 0.0267. The van der Waals surface area contributed by atoms with Gasteiger partial charge in [-0.2, -0.15) is 0 Å². The molecule has 1 saturated carbocycles. The number of pyridine rings is 1. The van der Waals surface area contributed by atoms with Crippen molar-refractivity contribution >= 4 is 17.7 Å². The smallest absolute Gasteiger partial charge is 0.337 e. The first-order valence-electron chi connectivity index (χ1n) is 13.9. The van der Waals surface area contributed by atoms with Crippen LogP contribution in [0.2, 0.25) is 0 Å². The van der Waals surface area contributed by atoms with Crippen LogP contribution in [0.25, 0.3) is 11.1 Å². The van der Waals surface area contributed by atoms with Crippen molar-refractivity contribution in [3.05, 3.63) is 125 Å². The minimum atomic E-state index is -0.609. The van der Waals surface area contributed by atoms with Crippen LogP contribution in [-0.2, 0) is 22.5 Å². The molecule has 41 heavy (non-hydrogen) atoms. The maximum atomic E-state index is 13.7. The lowest BCUT2D eigenvalue weighted by molar-refractivity contribution is -0.122. The number of amides is 1. The van der Waals surface area contributed by atoms with E-state index in [-0.39, 0.29) is 23.5 Å². The lowest BCUT2D eigenvalue weighted by Crippen LogP contribution is -2.37. The highest BCUT2D eigenvalue weighted by Gasteiger charge is 2.43. The Morgan fingerprint density at radius 1 is 0.976 bits per heavy atom. The summed E-state index contributed by atoms with van der Waals surface area (Å²) in [6, 6.07) is 26.2. The number of methoxy groups -OCH3 is 1. The third-order valence-corrected chi connectivity index (χ3v) is 8.04. The molecule has 1 aliphatic carbocycles. The molecule has 7 nitrogen and oxygen atoms in total. The fraction of sp³-hybridized carbons (Fsp3) is 0.235. The highest BCUT2D eigenvalue weighted by molar-refractivity contribution is 6.00. The number of carbonyl (C=O) groups excluding carboxylic acids is 3. The van der Waals surface area contributed by atoms with E-state index in [1.165, 1.54) is 12.7 Å². The quantitative estimate of drug-likeness (QED) is 0.238. The molecule has 2 N–H and O–H groups in total. The van der Waals surface area contributed by atoms with E-state index in [4.69, 9.17) is 4.74 Å². The molecule has 4 aromatic rings. The van der Waals surface area contributed by atoms with Gasteiger partial charge in [-0.1, -0.05) is 60.7 Å². The van der Waals surface area contributed by atoms with Crippen molar-refractivity contribution in [2.24, 2.45) is 5.92 Å². The number of carbonyl (C=O) groups is 3. The summed E-state index contributed by atoms with van der Waals surface area (Å²) in [5, 5.41) is 6.55. The molecule has 0 radical (unpaired) electrons. The number of esters is 1. The third kappa shape index (κ3) is 5.41. The molecular weight excluding hydrogens is 514 g/mol. The summed E-state index contributed by atoms with van der Waals surface area (Å²) in [4.78, 5) is 43.4. The molecule has 0 bridgehead atoms. The Labute approximate surface area is 239 Å². The number of nitrogens with one attached hydrogen (secondary N) is 2. The maximum Gasteiger partial charge on any atom is 0.337 e. The van der Waals surface area contributed by atoms with E-state index in [9.17, 15) is 14.4 Å². The average Bonchev–Trinajstić information content (AvgIpc) is 3.85. The van der Waals surface area contributed by atoms with Crippen LogP contribution in [0.1, 0.15) is 61.5 Å². The standard InChI is InChI=1S/C34H31N3O4/c1-41-34(40)23-11-7-10-22(18-23)25-14-13-24(20-37-33(39)28-19-27(28)21-8-3-2-4-9-21)30-26(25)15-17-36-31(30)32(38)29-12-5-6-16-35-29/h2-14,16,18,27-28,31,36H,15,17,19-20H2,1H3,(H,37,39)/t27-,28+,31?/m0/s1. The first kappa shape index (κ1) is 26.6. The number of aromatic nitrogens is 1. The third-order valence-electron chi connectivity index (χ3n) is 8.04. The van der Waals surface area contributed by atoms with E-state index in [1.807, 2.05) is 48.5 Å². The molecule has 3 aromatic carbocycles. The molecule has 6 rings (SSSR count). The summed E-state index contributed by atoms with van der Waals surface area (Å²) in [6.07, 6.45) is 3.15. The van der Waals surface area contributed by atoms with E-state index in [0.717, 1.165) is 34.2 Å². The van der Waals surface area contributed by atoms with Crippen molar-refractivity contribution in [1.29, 1.82) is 0 Å². The van der Waals surface area contributed by atoms with Crippen LogP contribution in [0.3, 0.4) is 0 Å². The van der Waals surface area contributed by atoms with E-state index in [2.05, 4.69) is 27.8 Å². The summed E-state index contributed by atoms with van der Waals surface area (Å²) in [6.45, 7) is 0.923. The van der Waals surface area contributed by atoms with Gasteiger partial charge in [0.1, 0.15) is 5.69 Å². The highest BCUT2D eigenvalue weighted by Crippen LogP contribution is 2.47. The molecule has 2 heterocycles. The molecule has 2 aliphatic rings. The van der Waals surface area contributed by atoms with Crippen LogP contribution in [0.5, 0.6) is 0 Å². The predicted molar refractivity (Wildman–Crippen MR) is 155 cm³/mol. The minimum Gasteiger partial charge on any atom is -0.465 e. The number of ketones is 1. The van der Waals surface area contributed by atoms with Crippen LogP contribution in [0.4, 0.5) is 0 Å².